The lowest BCUT2D eigenvalue weighted by Crippen LogP contribution is -2.40. The molecule has 2 N–H and O–H groups in total. The van der Waals surface area contributed by atoms with Crippen LogP contribution in [0.2, 0.25) is 0 Å². The highest BCUT2D eigenvalue weighted by Gasteiger charge is 2.43. The quantitative estimate of drug-likeness (QED) is 0.728. The molecule has 0 unspecified atom stereocenters. The van der Waals surface area contributed by atoms with Crippen molar-refractivity contribution in [2.75, 3.05) is 19.6 Å². The van der Waals surface area contributed by atoms with E-state index in [0.29, 0.717) is 13.1 Å². The first kappa shape index (κ1) is 12.7. The average Bonchev–Trinajstić information content (AvgIpc) is 2.97. The molecule has 7 heteroatoms. The molecule has 0 aromatic heterocycles. The normalized spacial score (nSPS) is 27.6. The standard InChI is InChI=1S/C11H16N2O5/c14-9(12-3-1-2-4-12)7-5-8(10(15)16)13(6-7)11(17)18/h7-8H,1-6H2,(H,15,16)(H,17,18)/t7-,8-/m1/s1. The molecule has 100 valence electrons. The average molecular weight is 256 g/mol. The number of hydrogen-bond acceptors (Lipinski definition) is 3. The Hall–Kier alpha value is -1.79. The van der Waals surface area contributed by atoms with Crippen LogP contribution in [0.1, 0.15) is 19.3 Å². The van der Waals surface area contributed by atoms with Gasteiger partial charge in [0.05, 0.1) is 5.92 Å². The minimum Gasteiger partial charge on any atom is -0.480 e. The van der Waals surface area contributed by atoms with E-state index in [1.165, 1.54) is 0 Å². The van der Waals surface area contributed by atoms with Crippen LogP contribution >= 0.6 is 0 Å². The van der Waals surface area contributed by atoms with Crippen LogP contribution in [0, 0.1) is 5.92 Å². The van der Waals surface area contributed by atoms with E-state index in [1.54, 1.807) is 4.90 Å². The van der Waals surface area contributed by atoms with Crippen molar-refractivity contribution in [3.8, 4) is 0 Å². The molecule has 7 nitrogen and oxygen atoms in total. The molecule has 0 spiro atoms. The van der Waals surface area contributed by atoms with Gasteiger partial charge in [0.25, 0.3) is 0 Å². The van der Waals surface area contributed by atoms with Gasteiger partial charge >= 0.3 is 12.1 Å². The van der Waals surface area contributed by atoms with Crippen molar-refractivity contribution >= 4 is 18.0 Å². The maximum Gasteiger partial charge on any atom is 0.408 e. The van der Waals surface area contributed by atoms with Gasteiger partial charge in [-0.05, 0) is 19.3 Å². The minimum absolute atomic E-state index is 0.0123. The zero-order valence-electron chi connectivity index (χ0n) is 9.91. The monoisotopic (exact) mass is 256 g/mol. The summed E-state index contributed by atoms with van der Waals surface area (Å²) in [6.45, 7) is 1.38. The number of aliphatic carboxylic acids is 1. The van der Waals surface area contributed by atoms with E-state index < -0.39 is 24.0 Å². The number of carboxylic acid groups (broad SMARTS) is 2. The fourth-order valence-corrected chi connectivity index (χ4v) is 2.66. The van der Waals surface area contributed by atoms with Crippen LogP contribution in [-0.4, -0.2) is 63.7 Å². The highest BCUT2D eigenvalue weighted by molar-refractivity contribution is 5.85. The second-order valence-electron chi connectivity index (χ2n) is 4.75. The summed E-state index contributed by atoms with van der Waals surface area (Å²) in [7, 11) is 0. The summed E-state index contributed by atoms with van der Waals surface area (Å²) in [5.41, 5.74) is 0. The molecule has 2 amide bonds. The van der Waals surface area contributed by atoms with E-state index in [0.717, 1.165) is 17.7 Å². The molecule has 0 aromatic rings. The van der Waals surface area contributed by atoms with Gasteiger partial charge in [-0.25, -0.2) is 9.59 Å². The van der Waals surface area contributed by atoms with Crippen molar-refractivity contribution in [3.63, 3.8) is 0 Å². The molecule has 0 aliphatic carbocycles. The van der Waals surface area contributed by atoms with Crippen LogP contribution in [0.15, 0.2) is 0 Å². The number of likely N-dealkylation sites (tertiary alicyclic amines) is 2. The lowest BCUT2D eigenvalue weighted by atomic mass is 10.0. The van der Waals surface area contributed by atoms with Gasteiger partial charge in [0.15, 0.2) is 0 Å². The number of rotatable bonds is 2. The molecule has 0 radical (unpaired) electrons. The Morgan fingerprint density at radius 3 is 2.11 bits per heavy atom. The van der Waals surface area contributed by atoms with Gasteiger partial charge < -0.3 is 15.1 Å². The Morgan fingerprint density at radius 2 is 1.67 bits per heavy atom. The van der Waals surface area contributed by atoms with Crippen LogP contribution < -0.4 is 0 Å². The minimum atomic E-state index is -1.28. The summed E-state index contributed by atoms with van der Waals surface area (Å²) >= 11 is 0. The predicted molar refractivity (Wildman–Crippen MR) is 60.1 cm³/mol. The maximum atomic E-state index is 12.1. The molecule has 0 saturated carbocycles. The topological polar surface area (TPSA) is 98.2 Å². The first-order chi connectivity index (χ1) is 8.50. The molecule has 18 heavy (non-hydrogen) atoms. The van der Waals surface area contributed by atoms with Gasteiger partial charge in [-0.2, -0.15) is 0 Å². The Bertz CT molecular complexity index is 356. The van der Waals surface area contributed by atoms with Gasteiger partial charge in [-0.1, -0.05) is 0 Å². The van der Waals surface area contributed by atoms with Crippen LogP contribution in [-0.2, 0) is 9.59 Å². The first-order valence-corrected chi connectivity index (χ1v) is 6.02. The molecule has 2 aliphatic heterocycles. The van der Waals surface area contributed by atoms with Crippen LogP contribution in [0.3, 0.4) is 0 Å². The van der Waals surface area contributed by atoms with Gasteiger partial charge in [0, 0.05) is 19.6 Å². The molecule has 2 saturated heterocycles. The van der Waals surface area contributed by atoms with Crippen LogP contribution in [0.25, 0.3) is 0 Å². The van der Waals surface area contributed by atoms with Gasteiger partial charge in [-0.15, -0.1) is 0 Å². The Kier molecular flexibility index (Phi) is 3.40. The molecule has 2 fully saturated rings. The maximum absolute atomic E-state index is 12.1. The summed E-state index contributed by atoms with van der Waals surface area (Å²) in [6.07, 6.45) is 0.725. The number of carboxylic acids is 1. The predicted octanol–water partition coefficient (Wildman–Crippen LogP) is 0.0619. The molecule has 0 aromatic carbocycles. The highest BCUT2D eigenvalue weighted by Crippen LogP contribution is 2.26. The van der Waals surface area contributed by atoms with Crippen molar-refractivity contribution in [2.24, 2.45) is 5.92 Å². The fourth-order valence-electron chi connectivity index (χ4n) is 2.66. The van der Waals surface area contributed by atoms with Crippen LogP contribution in [0.5, 0.6) is 0 Å². The SMILES string of the molecule is O=C(O)[C@H]1C[C@@H](C(=O)N2CCCC2)CN1C(=O)O. The summed E-state index contributed by atoms with van der Waals surface area (Å²) in [5.74, 6) is -1.81. The van der Waals surface area contributed by atoms with E-state index in [-0.39, 0.29) is 18.9 Å². The number of hydrogen-bond donors (Lipinski definition) is 2. The van der Waals surface area contributed by atoms with Gasteiger partial charge in [0.2, 0.25) is 5.91 Å². The summed E-state index contributed by atoms with van der Waals surface area (Å²) in [6, 6.07) is -1.10. The number of nitrogens with zero attached hydrogens (tertiary/aromatic N) is 2. The first-order valence-electron chi connectivity index (χ1n) is 6.02. The van der Waals surface area contributed by atoms with E-state index >= 15 is 0 Å². The fraction of sp³-hybridized carbons (Fsp3) is 0.727. The van der Waals surface area contributed by atoms with Gasteiger partial charge in [0.1, 0.15) is 6.04 Å². The van der Waals surface area contributed by atoms with E-state index in [1.807, 2.05) is 0 Å². The van der Waals surface area contributed by atoms with E-state index in [2.05, 4.69) is 0 Å². The Morgan fingerprint density at radius 1 is 1.06 bits per heavy atom. The van der Waals surface area contributed by atoms with Crippen molar-refractivity contribution < 1.29 is 24.6 Å². The molecular formula is C11H16N2O5. The van der Waals surface area contributed by atoms with E-state index in [9.17, 15) is 14.4 Å². The number of amides is 2. The van der Waals surface area contributed by atoms with Crippen molar-refractivity contribution in [1.82, 2.24) is 9.80 Å². The van der Waals surface area contributed by atoms with Crippen LogP contribution in [0.4, 0.5) is 4.79 Å². The largest absolute Gasteiger partial charge is 0.480 e. The second kappa shape index (κ2) is 4.83. The smallest absolute Gasteiger partial charge is 0.408 e. The zero-order valence-corrected chi connectivity index (χ0v) is 9.91. The molecule has 2 heterocycles. The number of carbonyl (C=O) groups excluding carboxylic acids is 1. The third kappa shape index (κ3) is 2.25. The third-order valence-electron chi connectivity index (χ3n) is 3.60. The van der Waals surface area contributed by atoms with Crippen molar-refractivity contribution in [3.05, 3.63) is 0 Å². The Labute approximate surface area is 104 Å². The molecule has 2 aliphatic rings. The molecule has 0 bridgehead atoms. The van der Waals surface area contributed by atoms with Gasteiger partial charge in [-0.3, -0.25) is 9.69 Å². The second-order valence-corrected chi connectivity index (χ2v) is 4.75. The third-order valence-corrected chi connectivity index (χ3v) is 3.60. The summed E-state index contributed by atoms with van der Waals surface area (Å²) in [5, 5.41) is 17.9. The zero-order chi connectivity index (χ0) is 13.3. The lowest BCUT2D eigenvalue weighted by molar-refractivity contribution is -0.141. The van der Waals surface area contributed by atoms with E-state index in [4.69, 9.17) is 10.2 Å². The van der Waals surface area contributed by atoms with Crippen molar-refractivity contribution in [1.29, 1.82) is 0 Å². The lowest BCUT2D eigenvalue weighted by Gasteiger charge is -2.19. The Balaban J connectivity index is 2.05. The molecule has 2 atom stereocenters. The summed E-state index contributed by atoms with van der Waals surface area (Å²) in [4.78, 5) is 36.6. The number of carbonyl (C=O) groups is 3. The summed E-state index contributed by atoms with van der Waals surface area (Å²) < 4.78 is 0. The van der Waals surface area contributed by atoms with Crippen molar-refractivity contribution in [2.45, 2.75) is 25.3 Å². The molecule has 2 rings (SSSR count). The highest BCUT2D eigenvalue weighted by atomic mass is 16.4. The molecular weight excluding hydrogens is 240 g/mol.